The predicted molar refractivity (Wildman–Crippen MR) is 98.5 cm³/mol. The average molecular weight is 349 g/mol. The molecule has 0 N–H and O–H groups in total. The fraction of sp³-hybridized carbons (Fsp3) is 0.333. The van der Waals surface area contributed by atoms with E-state index < -0.39 is 0 Å². The first kappa shape index (κ1) is 16.7. The van der Waals surface area contributed by atoms with Crippen LogP contribution in [0.1, 0.15) is 29.2 Å². The van der Waals surface area contributed by atoms with Crippen LogP contribution < -0.4 is 0 Å². The van der Waals surface area contributed by atoms with Gasteiger partial charge in [0.2, 0.25) is 0 Å². The maximum Gasteiger partial charge on any atom is 0.144 e. The van der Waals surface area contributed by atoms with Crippen molar-refractivity contribution in [2.24, 2.45) is 0 Å². The van der Waals surface area contributed by atoms with Crippen molar-refractivity contribution in [3.8, 4) is 17.5 Å². The summed E-state index contributed by atoms with van der Waals surface area (Å²) in [5, 5.41) is 9.27. The molecule has 1 aliphatic rings. The highest BCUT2D eigenvalue weighted by atomic mass is 19.1. The van der Waals surface area contributed by atoms with Gasteiger partial charge in [-0.2, -0.15) is 5.26 Å². The summed E-state index contributed by atoms with van der Waals surface area (Å²) in [5.74, 6) is 0.346. The molecule has 0 unspecified atom stereocenters. The molecule has 4 nitrogen and oxygen atoms in total. The van der Waals surface area contributed by atoms with Crippen molar-refractivity contribution in [3.05, 3.63) is 52.3 Å². The van der Waals surface area contributed by atoms with Crippen LogP contribution in [-0.2, 0) is 10.3 Å². The van der Waals surface area contributed by atoms with Crippen LogP contribution in [0.25, 0.3) is 22.4 Å². The summed E-state index contributed by atoms with van der Waals surface area (Å²) < 4.78 is 22.6. The van der Waals surface area contributed by atoms with Gasteiger partial charge in [0, 0.05) is 0 Å². The molecule has 2 heterocycles. The summed E-state index contributed by atoms with van der Waals surface area (Å²) in [6.07, 6.45) is 0. The average Bonchev–Trinajstić information content (AvgIpc) is 2.99. The Morgan fingerprint density at radius 2 is 1.92 bits per heavy atom. The van der Waals surface area contributed by atoms with Gasteiger partial charge in [0.15, 0.2) is 0 Å². The normalized spacial score (nSPS) is 15.7. The molecule has 4 rings (SSSR count). The standard InChI is InChI=1S/C21H20FN3O/c1-12-7-16(19(22)14(3)13(12)2)20-24-17-6-5-15(9-23)8-18(17)25(20)21(4)10-26-11-21/h5-8H,10-11H2,1-4H3. The van der Waals surface area contributed by atoms with E-state index in [2.05, 4.69) is 13.0 Å². The summed E-state index contributed by atoms with van der Waals surface area (Å²) in [6, 6.07) is 9.42. The van der Waals surface area contributed by atoms with Crippen molar-refractivity contribution in [1.82, 2.24) is 9.55 Å². The smallest absolute Gasteiger partial charge is 0.144 e. The maximum atomic E-state index is 15.2. The lowest BCUT2D eigenvalue weighted by Gasteiger charge is -2.41. The summed E-state index contributed by atoms with van der Waals surface area (Å²) in [4.78, 5) is 4.74. The number of ether oxygens (including phenoxy) is 1. The Kier molecular flexibility index (Phi) is 3.64. The van der Waals surface area contributed by atoms with Crippen LogP contribution in [0.5, 0.6) is 0 Å². The molecule has 0 aliphatic carbocycles. The molecule has 1 fully saturated rings. The van der Waals surface area contributed by atoms with Crippen LogP contribution in [0, 0.1) is 37.9 Å². The van der Waals surface area contributed by atoms with E-state index in [1.54, 1.807) is 13.0 Å². The Hall–Kier alpha value is -2.71. The Morgan fingerprint density at radius 1 is 1.19 bits per heavy atom. The Balaban J connectivity index is 2.08. The number of hydrogen-bond donors (Lipinski definition) is 0. The number of nitrogens with zero attached hydrogens (tertiary/aromatic N) is 3. The molecule has 0 atom stereocenters. The SMILES string of the molecule is Cc1cc(-c2nc3ccc(C#N)cc3n2C2(C)COC2)c(F)c(C)c1C. The minimum atomic E-state index is -0.308. The third kappa shape index (κ3) is 2.26. The first-order valence-corrected chi connectivity index (χ1v) is 8.63. The number of rotatable bonds is 2. The molecule has 1 aromatic heterocycles. The van der Waals surface area contributed by atoms with Crippen LogP contribution in [0.3, 0.4) is 0 Å². The van der Waals surface area contributed by atoms with Gasteiger partial charge in [-0.3, -0.25) is 0 Å². The molecule has 2 aromatic carbocycles. The predicted octanol–water partition coefficient (Wildman–Crippen LogP) is 4.38. The molecule has 0 saturated carbocycles. The van der Waals surface area contributed by atoms with Crippen molar-refractivity contribution in [2.45, 2.75) is 33.2 Å². The summed E-state index contributed by atoms with van der Waals surface area (Å²) >= 11 is 0. The molecule has 0 amide bonds. The molecule has 1 aliphatic heterocycles. The van der Waals surface area contributed by atoms with Crippen LogP contribution >= 0.6 is 0 Å². The summed E-state index contributed by atoms with van der Waals surface area (Å²) in [6.45, 7) is 8.87. The molecular formula is C21H20FN3O. The zero-order valence-electron chi connectivity index (χ0n) is 15.4. The summed E-state index contributed by atoms with van der Waals surface area (Å²) in [5.41, 5.74) is 4.97. The highest BCUT2D eigenvalue weighted by Gasteiger charge is 2.39. The van der Waals surface area contributed by atoms with Crippen molar-refractivity contribution in [1.29, 1.82) is 5.26 Å². The molecule has 3 aromatic rings. The number of fused-ring (bicyclic) bond motifs is 1. The van der Waals surface area contributed by atoms with Crippen LogP contribution in [0.4, 0.5) is 4.39 Å². The second-order valence-electron chi connectivity index (χ2n) is 7.38. The van der Waals surface area contributed by atoms with E-state index in [0.29, 0.717) is 35.7 Å². The summed E-state index contributed by atoms with van der Waals surface area (Å²) in [7, 11) is 0. The fourth-order valence-corrected chi connectivity index (χ4v) is 3.61. The third-order valence-electron chi connectivity index (χ3n) is 5.47. The number of hydrogen-bond acceptors (Lipinski definition) is 3. The number of halogens is 1. The Bertz CT molecular complexity index is 1090. The van der Waals surface area contributed by atoms with Crippen LogP contribution in [-0.4, -0.2) is 22.8 Å². The second kappa shape index (κ2) is 5.65. The van der Waals surface area contributed by atoms with Crippen LogP contribution in [0.2, 0.25) is 0 Å². The molecule has 0 radical (unpaired) electrons. The van der Waals surface area contributed by atoms with E-state index in [9.17, 15) is 5.26 Å². The van der Waals surface area contributed by atoms with Gasteiger partial charge >= 0.3 is 0 Å². The lowest BCUT2D eigenvalue weighted by atomic mass is 9.96. The topological polar surface area (TPSA) is 50.8 Å². The van der Waals surface area contributed by atoms with E-state index in [1.165, 1.54) is 0 Å². The van der Waals surface area contributed by atoms with Crippen molar-refractivity contribution in [3.63, 3.8) is 0 Å². The van der Waals surface area contributed by atoms with Gasteiger partial charge in [0.05, 0.1) is 47.0 Å². The highest BCUT2D eigenvalue weighted by Crippen LogP contribution is 2.38. The number of aryl methyl sites for hydroxylation is 1. The molecular weight excluding hydrogens is 329 g/mol. The molecule has 0 spiro atoms. The molecule has 0 bridgehead atoms. The van der Waals surface area contributed by atoms with Crippen molar-refractivity contribution >= 4 is 11.0 Å². The van der Waals surface area contributed by atoms with Crippen molar-refractivity contribution < 1.29 is 9.13 Å². The first-order chi connectivity index (χ1) is 12.4. The Labute approximate surface area is 151 Å². The Morgan fingerprint density at radius 3 is 2.54 bits per heavy atom. The van der Waals surface area contributed by atoms with Gasteiger partial charge in [0.1, 0.15) is 11.6 Å². The molecule has 132 valence electrons. The number of nitriles is 1. The monoisotopic (exact) mass is 349 g/mol. The quantitative estimate of drug-likeness (QED) is 0.690. The largest absolute Gasteiger partial charge is 0.376 e. The van der Waals surface area contributed by atoms with Gasteiger partial charge in [-0.15, -0.1) is 0 Å². The van der Waals surface area contributed by atoms with Gasteiger partial charge in [-0.1, -0.05) is 0 Å². The van der Waals surface area contributed by atoms with Crippen molar-refractivity contribution in [2.75, 3.05) is 13.2 Å². The number of aromatic nitrogens is 2. The fourth-order valence-electron chi connectivity index (χ4n) is 3.61. The zero-order chi connectivity index (χ0) is 18.6. The number of imidazole rings is 1. The van der Waals surface area contributed by atoms with E-state index >= 15 is 4.39 Å². The van der Waals surface area contributed by atoms with Gasteiger partial charge in [-0.25, -0.2) is 9.37 Å². The minimum Gasteiger partial charge on any atom is -0.376 e. The van der Waals surface area contributed by atoms with Gasteiger partial charge in [0.25, 0.3) is 0 Å². The van der Waals surface area contributed by atoms with Gasteiger partial charge < -0.3 is 9.30 Å². The second-order valence-corrected chi connectivity index (χ2v) is 7.38. The zero-order valence-corrected chi connectivity index (χ0v) is 15.4. The molecule has 26 heavy (non-hydrogen) atoms. The van der Waals surface area contributed by atoms with E-state index in [-0.39, 0.29) is 11.4 Å². The van der Waals surface area contributed by atoms with E-state index in [4.69, 9.17) is 9.72 Å². The molecule has 1 saturated heterocycles. The van der Waals surface area contributed by atoms with E-state index in [1.807, 2.05) is 36.6 Å². The lowest BCUT2D eigenvalue weighted by molar-refractivity contribution is -0.0868. The minimum absolute atomic E-state index is 0.242. The lowest BCUT2D eigenvalue weighted by Crippen LogP contribution is -2.49. The van der Waals surface area contributed by atoms with Crippen LogP contribution in [0.15, 0.2) is 24.3 Å². The molecule has 5 heteroatoms. The third-order valence-corrected chi connectivity index (χ3v) is 5.47. The van der Waals surface area contributed by atoms with Gasteiger partial charge in [-0.05, 0) is 68.7 Å². The maximum absolute atomic E-state index is 15.2. The van der Waals surface area contributed by atoms with E-state index in [0.717, 1.165) is 22.2 Å². The number of benzene rings is 2. The first-order valence-electron chi connectivity index (χ1n) is 8.63. The highest BCUT2D eigenvalue weighted by molar-refractivity contribution is 5.83.